The van der Waals surface area contributed by atoms with Crippen LogP contribution < -0.4 is 4.74 Å². The first kappa shape index (κ1) is 23.9. The minimum atomic E-state index is 0.0302. The van der Waals surface area contributed by atoms with Crippen LogP contribution in [0, 0.1) is 0 Å². The fourth-order valence-electron chi connectivity index (χ4n) is 3.43. The Hall–Kier alpha value is -2.80. The number of hydrogen-bond acceptors (Lipinski definition) is 5. The number of aromatic nitrogens is 3. The smallest absolute Gasteiger partial charge is 0.233 e. The maximum Gasteiger partial charge on any atom is 0.233 e. The highest BCUT2D eigenvalue weighted by Crippen LogP contribution is 2.28. The van der Waals surface area contributed by atoms with Crippen LogP contribution in [0.3, 0.4) is 0 Å². The van der Waals surface area contributed by atoms with Crippen molar-refractivity contribution in [2.45, 2.75) is 51.4 Å². The number of rotatable bonds is 8. The lowest BCUT2D eigenvalue weighted by atomic mass is 9.87. The fraction of sp³-hybridized carbons (Fsp3) is 0.400. The van der Waals surface area contributed by atoms with Crippen LogP contribution in [0.25, 0.3) is 11.4 Å². The lowest BCUT2D eigenvalue weighted by Gasteiger charge is -2.19. The summed E-state index contributed by atoms with van der Waals surface area (Å²) in [7, 11) is 3.45. The number of thioether (sulfide) groups is 1. The SMILES string of the molecule is CCn1c(SCC(=O)N(C)Cc2ccccc2OC)nnc1-c1ccc(C(C)(C)C)cc1. The average molecular weight is 453 g/mol. The largest absolute Gasteiger partial charge is 0.496 e. The predicted octanol–water partition coefficient (Wildman–Crippen LogP) is 5.02. The van der Waals surface area contributed by atoms with E-state index in [1.165, 1.54) is 17.3 Å². The van der Waals surface area contributed by atoms with Gasteiger partial charge in [-0.3, -0.25) is 4.79 Å². The Balaban J connectivity index is 1.68. The van der Waals surface area contributed by atoms with Crippen molar-refractivity contribution in [1.29, 1.82) is 0 Å². The Morgan fingerprint density at radius 1 is 1.09 bits per heavy atom. The van der Waals surface area contributed by atoms with E-state index in [0.29, 0.717) is 12.3 Å². The van der Waals surface area contributed by atoms with Crippen LogP contribution >= 0.6 is 11.8 Å². The van der Waals surface area contributed by atoms with E-state index in [9.17, 15) is 4.79 Å². The molecule has 3 aromatic rings. The first-order valence-corrected chi connectivity index (χ1v) is 11.8. The average Bonchev–Trinajstić information content (AvgIpc) is 3.20. The Kier molecular flexibility index (Phi) is 7.61. The topological polar surface area (TPSA) is 60.2 Å². The Labute approximate surface area is 195 Å². The van der Waals surface area contributed by atoms with E-state index in [0.717, 1.165) is 34.4 Å². The van der Waals surface area contributed by atoms with Gasteiger partial charge in [-0.15, -0.1) is 10.2 Å². The summed E-state index contributed by atoms with van der Waals surface area (Å²) < 4.78 is 7.45. The highest BCUT2D eigenvalue weighted by atomic mass is 32.2. The molecule has 0 fully saturated rings. The molecule has 32 heavy (non-hydrogen) atoms. The molecule has 0 bridgehead atoms. The van der Waals surface area contributed by atoms with Crippen LogP contribution in [0.15, 0.2) is 53.7 Å². The predicted molar refractivity (Wildman–Crippen MR) is 130 cm³/mol. The van der Waals surface area contributed by atoms with Crippen molar-refractivity contribution in [3.63, 3.8) is 0 Å². The molecule has 1 heterocycles. The highest BCUT2D eigenvalue weighted by Gasteiger charge is 2.18. The van der Waals surface area contributed by atoms with Crippen molar-refractivity contribution >= 4 is 17.7 Å². The molecule has 7 heteroatoms. The maximum atomic E-state index is 12.7. The summed E-state index contributed by atoms with van der Waals surface area (Å²) in [4.78, 5) is 14.4. The first-order chi connectivity index (χ1) is 15.2. The van der Waals surface area contributed by atoms with Gasteiger partial charge in [0.15, 0.2) is 11.0 Å². The van der Waals surface area contributed by atoms with Gasteiger partial charge in [0.1, 0.15) is 5.75 Å². The normalized spacial score (nSPS) is 11.4. The summed E-state index contributed by atoms with van der Waals surface area (Å²) in [6.45, 7) is 9.90. The van der Waals surface area contributed by atoms with Gasteiger partial charge < -0.3 is 14.2 Å². The van der Waals surface area contributed by atoms with E-state index in [4.69, 9.17) is 4.74 Å². The Bertz CT molecular complexity index is 1050. The van der Waals surface area contributed by atoms with Crippen molar-refractivity contribution in [2.24, 2.45) is 0 Å². The van der Waals surface area contributed by atoms with Gasteiger partial charge in [0.05, 0.1) is 12.9 Å². The monoisotopic (exact) mass is 452 g/mol. The van der Waals surface area contributed by atoms with E-state index < -0.39 is 0 Å². The molecule has 2 aromatic carbocycles. The van der Waals surface area contributed by atoms with E-state index >= 15 is 0 Å². The Morgan fingerprint density at radius 2 is 1.78 bits per heavy atom. The van der Waals surface area contributed by atoms with Gasteiger partial charge in [-0.2, -0.15) is 0 Å². The van der Waals surface area contributed by atoms with E-state index in [2.05, 4.69) is 66.7 Å². The summed E-state index contributed by atoms with van der Waals surface area (Å²) >= 11 is 1.42. The van der Waals surface area contributed by atoms with Crippen molar-refractivity contribution in [1.82, 2.24) is 19.7 Å². The Morgan fingerprint density at radius 3 is 2.41 bits per heavy atom. The zero-order chi connectivity index (χ0) is 23.3. The second-order valence-corrected chi connectivity index (χ2v) is 9.67. The molecular weight excluding hydrogens is 420 g/mol. The lowest BCUT2D eigenvalue weighted by Crippen LogP contribution is -2.28. The van der Waals surface area contributed by atoms with Gasteiger partial charge in [0, 0.05) is 31.3 Å². The van der Waals surface area contributed by atoms with Crippen molar-refractivity contribution < 1.29 is 9.53 Å². The third-order valence-corrected chi connectivity index (χ3v) is 6.34. The number of methoxy groups -OCH3 is 1. The molecule has 0 aliphatic heterocycles. The van der Waals surface area contributed by atoms with Crippen LogP contribution in [0.5, 0.6) is 5.75 Å². The fourth-order valence-corrected chi connectivity index (χ4v) is 4.37. The molecule has 0 saturated carbocycles. The highest BCUT2D eigenvalue weighted by molar-refractivity contribution is 7.99. The molecular formula is C25H32N4O2S. The zero-order valence-electron chi connectivity index (χ0n) is 19.8. The summed E-state index contributed by atoms with van der Waals surface area (Å²) in [5.74, 6) is 1.94. The lowest BCUT2D eigenvalue weighted by molar-refractivity contribution is -0.127. The van der Waals surface area contributed by atoms with Gasteiger partial charge >= 0.3 is 0 Å². The number of para-hydroxylation sites is 1. The zero-order valence-corrected chi connectivity index (χ0v) is 20.6. The minimum Gasteiger partial charge on any atom is -0.496 e. The molecule has 1 amide bonds. The molecule has 0 aliphatic carbocycles. The van der Waals surface area contributed by atoms with Gasteiger partial charge in [0.2, 0.25) is 5.91 Å². The van der Waals surface area contributed by atoms with Crippen LogP contribution in [-0.2, 0) is 23.3 Å². The number of hydrogen-bond donors (Lipinski definition) is 0. The number of ether oxygens (including phenoxy) is 1. The summed E-state index contributed by atoms with van der Waals surface area (Å²) in [6.07, 6.45) is 0. The molecule has 170 valence electrons. The van der Waals surface area contributed by atoms with Gasteiger partial charge in [-0.1, -0.05) is 75.0 Å². The third kappa shape index (κ3) is 5.51. The first-order valence-electron chi connectivity index (χ1n) is 10.8. The second-order valence-electron chi connectivity index (χ2n) is 8.73. The van der Waals surface area contributed by atoms with E-state index in [1.807, 2.05) is 31.3 Å². The molecule has 0 spiro atoms. The molecule has 0 radical (unpaired) electrons. The summed E-state index contributed by atoms with van der Waals surface area (Å²) in [6, 6.07) is 16.2. The standard InChI is InChI=1S/C25H32N4O2S/c1-7-29-23(18-12-14-20(15-13-18)25(2,3)4)26-27-24(29)32-17-22(30)28(5)16-19-10-8-9-11-21(19)31-6/h8-15H,7,16-17H2,1-6H3. The third-order valence-electron chi connectivity index (χ3n) is 5.39. The van der Waals surface area contributed by atoms with Crippen LogP contribution in [0.4, 0.5) is 0 Å². The van der Waals surface area contributed by atoms with Gasteiger partial charge in [-0.25, -0.2) is 0 Å². The molecule has 1 aromatic heterocycles. The molecule has 0 saturated heterocycles. The van der Waals surface area contributed by atoms with Crippen LogP contribution in [0.1, 0.15) is 38.8 Å². The number of amides is 1. The molecule has 3 rings (SSSR count). The molecule has 0 N–H and O–H groups in total. The molecule has 0 aliphatic rings. The van der Waals surface area contributed by atoms with Crippen molar-refractivity contribution in [3.05, 3.63) is 59.7 Å². The second kappa shape index (κ2) is 10.2. The van der Waals surface area contributed by atoms with E-state index in [-0.39, 0.29) is 11.3 Å². The minimum absolute atomic E-state index is 0.0302. The number of nitrogens with zero attached hydrogens (tertiary/aromatic N) is 4. The van der Waals surface area contributed by atoms with Crippen molar-refractivity contribution in [3.8, 4) is 17.1 Å². The number of benzene rings is 2. The molecule has 0 unspecified atom stereocenters. The van der Waals surface area contributed by atoms with Crippen LogP contribution in [0.2, 0.25) is 0 Å². The van der Waals surface area contributed by atoms with Gasteiger partial charge in [0.25, 0.3) is 0 Å². The van der Waals surface area contributed by atoms with E-state index in [1.54, 1.807) is 12.0 Å². The van der Waals surface area contributed by atoms with Crippen LogP contribution in [-0.4, -0.2) is 45.5 Å². The number of carbonyl (C=O) groups excluding carboxylic acids is 1. The summed E-state index contributed by atoms with van der Waals surface area (Å²) in [5, 5.41) is 9.53. The molecule has 0 atom stereocenters. The van der Waals surface area contributed by atoms with Gasteiger partial charge in [-0.05, 0) is 24.0 Å². The maximum absolute atomic E-state index is 12.7. The quantitative estimate of drug-likeness (QED) is 0.449. The molecule has 6 nitrogen and oxygen atoms in total. The van der Waals surface area contributed by atoms with Crippen molar-refractivity contribution in [2.75, 3.05) is 19.9 Å². The number of carbonyl (C=O) groups is 1. The summed E-state index contributed by atoms with van der Waals surface area (Å²) in [5.41, 5.74) is 3.39.